The third kappa shape index (κ3) is 2.73. The van der Waals surface area contributed by atoms with Gasteiger partial charge in [-0.2, -0.15) is 0 Å². The molecule has 1 amide bonds. The van der Waals surface area contributed by atoms with Gasteiger partial charge in [0.15, 0.2) is 5.84 Å². The van der Waals surface area contributed by atoms with Crippen molar-refractivity contribution >= 4 is 23.1 Å². The summed E-state index contributed by atoms with van der Waals surface area (Å²) in [5, 5.41) is 16.2. The Labute approximate surface area is 109 Å². The van der Waals surface area contributed by atoms with E-state index in [9.17, 15) is 4.79 Å². The van der Waals surface area contributed by atoms with Gasteiger partial charge >= 0.3 is 0 Å². The Morgan fingerprint density at radius 3 is 2.89 bits per heavy atom. The van der Waals surface area contributed by atoms with E-state index in [0.29, 0.717) is 17.0 Å². The molecule has 0 fully saturated rings. The van der Waals surface area contributed by atoms with Gasteiger partial charge in [0.1, 0.15) is 10.6 Å². The molecule has 1 atom stereocenters. The maximum absolute atomic E-state index is 12.1. The van der Waals surface area contributed by atoms with E-state index in [1.54, 1.807) is 18.4 Å². The third-order valence-corrected chi connectivity index (χ3v) is 3.72. The average molecular weight is 271 g/mol. The van der Waals surface area contributed by atoms with Gasteiger partial charge in [-0.1, -0.05) is 12.1 Å². The maximum atomic E-state index is 12.1. The first kappa shape index (κ1) is 14.3. The second-order valence-electron chi connectivity index (χ2n) is 3.94. The smallest absolute Gasteiger partial charge is 0.265 e. The predicted molar refractivity (Wildman–Crippen MR) is 70.4 cm³/mol. The van der Waals surface area contributed by atoms with E-state index in [0.717, 1.165) is 0 Å². The highest BCUT2D eigenvalue weighted by Crippen LogP contribution is 2.25. The van der Waals surface area contributed by atoms with Crippen LogP contribution in [0.4, 0.5) is 0 Å². The maximum Gasteiger partial charge on any atom is 0.265 e. The molecule has 0 spiro atoms. The average Bonchev–Trinajstić information content (AvgIpc) is 2.85. The van der Waals surface area contributed by atoms with Crippen LogP contribution in [-0.2, 0) is 0 Å². The molecule has 0 radical (unpaired) electrons. The lowest BCUT2D eigenvalue weighted by Gasteiger charge is -2.27. The Morgan fingerprint density at radius 1 is 1.72 bits per heavy atom. The Bertz CT molecular complexity index is 458. The molecule has 100 valence electrons. The lowest BCUT2D eigenvalue weighted by Crippen LogP contribution is -2.54. The Balaban J connectivity index is 2.93. The number of ether oxygens (including phenoxy) is 1. The van der Waals surface area contributed by atoms with Crippen molar-refractivity contribution in [2.75, 3.05) is 7.11 Å². The monoisotopic (exact) mass is 271 g/mol. The Morgan fingerprint density at radius 2 is 2.39 bits per heavy atom. The van der Waals surface area contributed by atoms with E-state index in [1.165, 1.54) is 18.4 Å². The molecule has 0 aliphatic carbocycles. The number of oxime groups is 1. The molecule has 0 aromatic carbocycles. The fourth-order valence-electron chi connectivity index (χ4n) is 1.38. The molecule has 0 bridgehead atoms. The van der Waals surface area contributed by atoms with E-state index >= 15 is 0 Å². The predicted octanol–water partition coefficient (Wildman–Crippen LogP) is 1.40. The lowest BCUT2D eigenvalue weighted by molar-refractivity contribution is 0.0926. The molecule has 0 aliphatic rings. The summed E-state index contributed by atoms with van der Waals surface area (Å²) in [4.78, 5) is 12.6. The summed E-state index contributed by atoms with van der Waals surface area (Å²) in [6.45, 7) is 3.53. The molecular formula is C11H17N3O3S. The fraction of sp³-hybridized carbons (Fsp3) is 0.455. The first-order valence-electron chi connectivity index (χ1n) is 5.40. The van der Waals surface area contributed by atoms with Crippen molar-refractivity contribution in [3.63, 3.8) is 0 Å². The number of hydrogen-bond donors (Lipinski definition) is 3. The van der Waals surface area contributed by atoms with Crippen molar-refractivity contribution in [2.45, 2.75) is 25.8 Å². The normalized spacial score (nSPS) is 14.9. The van der Waals surface area contributed by atoms with Gasteiger partial charge in [0.05, 0.1) is 12.6 Å². The number of methoxy groups -OCH3 is 1. The standard InChI is InChI=1S/C11H17N3O3S/c1-4-11(2,10(12)14-16)13-9(15)8-7(17-3)5-6-18-8/h5-6,16H,4H2,1-3H3,(H2,12,14)(H,13,15). The van der Waals surface area contributed by atoms with Crippen molar-refractivity contribution in [1.82, 2.24) is 5.32 Å². The minimum Gasteiger partial charge on any atom is -0.495 e. The second-order valence-corrected chi connectivity index (χ2v) is 4.86. The van der Waals surface area contributed by atoms with Crippen LogP contribution in [0.3, 0.4) is 0 Å². The number of nitrogens with two attached hydrogens (primary N) is 1. The molecule has 0 aliphatic heterocycles. The number of amidine groups is 1. The minimum atomic E-state index is -0.888. The van der Waals surface area contributed by atoms with E-state index in [1.807, 2.05) is 6.92 Å². The summed E-state index contributed by atoms with van der Waals surface area (Å²) >= 11 is 1.27. The van der Waals surface area contributed by atoms with Crippen molar-refractivity contribution < 1.29 is 14.7 Å². The van der Waals surface area contributed by atoms with Crippen LogP contribution in [0.15, 0.2) is 16.6 Å². The summed E-state index contributed by atoms with van der Waals surface area (Å²) in [7, 11) is 1.50. The zero-order chi connectivity index (χ0) is 13.8. The molecule has 4 N–H and O–H groups in total. The Hall–Kier alpha value is -1.76. The molecule has 1 unspecified atom stereocenters. The van der Waals surface area contributed by atoms with Crippen molar-refractivity contribution in [1.29, 1.82) is 0 Å². The van der Waals surface area contributed by atoms with Gasteiger partial charge in [-0.3, -0.25) is 4.79 Å². The third-order valence-electron chi connectivity index (χ3n) is 2.82. The number of amides is 1. The lowest BCUT2D eigenvalue weighted by atomic mass is 9.97. The second kappa shape index (κ2) is 5.72. The van der Waals surface area contributed by atoms with Crippen molar-refractivity contribution in [2.24, 2.45) is 10.9 Å². The van der Waals surface area contributed by atoms with Crippen LogP contribution in [0.25, 0.3) is 0 Å². The van der Waals surface area contributed by atoms with Crippen molar-refractivity contribution in [3.8, 4) is 5.75 Å². The molecule has 0 saturated heterocycles. The van der Waals surface area contributed by atoms with E-state index in [2.05, 4.69) is 10.5 Å². The molecule has 7 heteroatoms. The molecule has 1 aromatic heterocycles. The number of hydrogen-bond acceptors (Lipinski definition) is 5. The van der Waals surface area contributed by atoms with Gasteiger partial charge in [0.2, 0.25) is 0 Å². The van der Waals surface area contributed by atoms with Crippen LogP contribution in [0.1, 0.15) is 29.9 Å². The van der Waals surface area contributed by atoms with Crippen LogP contribution in [0, 0.1) is 0 Å². The molecule has 18 heavy (non-hydrogen) atoms. The Kier molecular flexibility index (Phi) is 4.55. The summed E-state index contributed by atoms with van der Waals surface area (Å²) in [6.07, 6.45) is 0.502. The van der Waals surface area contributed by atoms with Gasteiger partial charge in [0, 0.05) is 0 Å². The summed E-state index contributed by atoms with van der Waals surface area (Å²) in [6, 6.07) is 1.71. The molecule has 1 rings (SSSR count). The quantitative estimate of drug-likeness (QED) is 0.326. The highest BCUT2D eigenvalue weighted by atomic mass is 32.1. The number of nitrogens with one attached hydrogen (secondary N) is 1. The van der Waals surface area contributed by atoms with Crippen LogP contribution in [0.5, 0.6) is 5.75 Å². The van der Waals surface area contributed by atoms with Crippen LogP contribution in [0.2, 0.25) is 0 Å². The van der Waals surface area contributed by atoms with E-state index in [4.69, 9.17) is 15.7 Å². The zero-order valence-electron chi connectivity index (χ0n) is 10.6. The van der Waals surface area contributed by atoms with Crippen LogP contribution >= 0.6 is 11.3 Å². The van der Waals surface area contributed by atoms with E-state index < -0.39 is 5.54 Å². The summed E-state index contributed by atoms with van der Waals surface area (Å²) in [5.74, 6) is 0.169. The minimum absolute atomic E-state index is 0.0335. The molecule has 1 heterocycles. The van der Waals surface area contributed by atoms with Gasteiger partial charge in [-0.15, -0.1) is 11.3 Å². The molecule has 1 aromatic rings. The number of carbonyl (C=O) groups is 1. The number of nitrogens with zero attached hydrogens (tertiary/aromatic N) is 1. The van der Waals surface area contributed by atoms with Gasteiger partial charge in [-0.05, 0) is 24.8 Å². The molecular weight excluding hydrogens is 254 g/mol. The molecule has 6 nitrogen and oxygen atoms in total. The topological polar surface area (TPSA) is 96.9 Å². The SMILES string of the molecule is CCC(C)(NC(=O)c1sccc1OC)/C(N)=N/O. The summed E-state index contributed by atoms with van der Waals surface area (Å²) in [5.41, 5.74) is 4.70. The number of thiophene rings is 1. The van der Waals surface area contributed by atoms with Crippen LogP contribution in [-0.4, -0.2) is 29.6 Å². The van der Waals surface area contributed by atoms with Gasteiger partial charge < -0.3 is 21.0 Å². The van der Waals surface area contributed by atoms with E-state index in [-0.39, 0.29) is 11.7 Å². The molecule has 0 saturated carbocycles. The van der Waals surface area contributed by atoms with Crippen molar-refractivity contribution in [3.05, 3.63) is 16.3 Å². The first-order valence-corrected chi connectivity index (χ1v) is 6.28. The number of rotatable bonds is 5. The largest absolute Gasteiger partial charge is 0.495 e. The van der Waals surface area contributed by atoms with Gasteiger partial charge in [0.25, 0.3) is 5.91 Å². The fourth-order valence-corrected chi connectivity index (χ4v) is 2.13. The highest BCUT2D eigenvalue weighted by molar-refractivity contribution is 7.12. The summed E-state index contributed by atoms with van der Waals surface area (Å²) < 4.78 is 5.08. The first-order chi connectivity index (χ1) is 8.48. The number of carbonyl (C=O) groups excluding carboxylic acids is 1. The van der Waals surface area contributed by atoms with Gasteiger partial charge in [-0.25, -0.2) is 0 Å². The van der Waals surface area contributed by atoms with Crippen LogP contribution < -0.4 is 15.8 Å². The highest BCUT2D eigenvalue weighted by Gasteiger charge is 2.31. The zero-order valence-corrected chi connectivity index (χ0v) is 11.4.